The zero-order chi connectivity index (χ0) is 10.4. The zero-order valence-corrected chi connectivity index (χ0v) is 9.24. The van der Waals surface area contributed by atoms with Gasteiger partial charge in [-0.25, -0.2) is 0 Å². The Bertz CT molecular complexity index is 425. The molecule has 1 aromatic rings. The van der Waals surface area contributed by atoms with Crippen LogP contribution < -0.4 is 5.73 Å². The van der Waals surface area contributed by atoms with Gasteiger partial charge in [0.15, 0.2) is 0 Å². The SMILES string of the molecule is NC1c2cccc(Cl)c2C2CC=CC1C2. The van der Waals surface area contributed by atoms with Crippen molar-refractivity contribution in [1.82, 2.24) is 0 Å². The van der Waals surface area contributed by atoms with E-state index in [0.29, 0.717) is 11.8 Å². The van der Waals surface area contributed by atoms with Crippen LogP contribution in [0.2, 0.25) is 5.02 Å². The minimum Gasteiger partial charge on any atom is -0.323 e. The molecule has 2 bridgehead atoms. The Morgan fingerprint density at radius 1 is 1.33 bits per heavy atom. The van der Waals surface area contributed by atoms with Crippen molar-refractivity contribution >= 4 is 11.6 Å². The smallest absolute Gasteiger partial charge is 0.0444 e. The first-order valence-corrected chi connectivity index (χ1v) is 5.85. The van der Waals surface area contributed by atoms with Gasteiger partial charge in [0.2, 0.25) is 0 Å². The van der Waals surface area contributed by atoms with Gasteiger partial charge in [-0.1, -0.05) is 35.9 Å². The molecule has 2 aliphatic carbocycles. The van der Waals surface area contributed by atoms with Crippen LogP contribution >= 0.6 is 11.6 Å². The topological polar surface area (TPSA) is 26.0 Å². The summed E-state index contributed by atoms with van der Waals surface area (Å²) in [4.78, 5) is 0. The Morgan fingerprint density at radius 3 is 3.07 bits per heavy atom. The molecule has 0 aliphatic heterocycles. The third-order valence-electron chi connectivity index (χ3n) is 3.68. The van der Waals surface area contributed by atoms with E-state index < -0.39 is 0 Å². The van der Waals surface area contributed by atoms with Gasteiger partial charge in [0.05, 0.1) is 0 Å². The Balaban J connectivity index is 2.19. The Labute approximate surface area is 94.9 Å². The molecule has 0 amide bonds. The van der Waals surface area contributed by atoms with E-state index in [9.17, 15) is 0 Å². The summed E-state index contributed by atoms with van der Waals surface area (Å²) in [5.41, 5.74) is 8.81. The number of nitrogens with two attached hydrogens (primary N) is 1. The van der Waals surface area contributed by atoms with Crippen LogP contribution in [0.3, 0.4) is 0 Å². The fourth-order valence-corrected chi connectivity index (χ4v) is 3.26. The number of rotatable bonds is 0. The van der Waals surface area contributed by atoms with Crippen molar-refractivity contribution in [2.24, 2.45) is 11.7 Å². The fourth-order valence-electron chi connectivity index (χ4n) is 2.93. The minimum atomic E-state index is 0.131. The van der Waals surface area contributed by atoms with E-state index in [2.05, 4.69) is 18.2 Å². The lowest BCUT2D eigenvalue weighted by molar-refractivity contribution is 0.385. The first kappa shape index (κ1) is 9.44. The van der Waals surface area contributed by atoms with Gasteiger partial charge in [0.1, 0.15) is 0 Å². The molecule has 1 aromatic carbocycles. The van der Waals surface area contributed by atoms with E-state index in [1.165, 1.54) is 11.1 Å². The van der Waals surface area contributed by atoms with Crippen LogP contribution in [0.4, 0.5) is 0 Å². The fraction of sp³-hybridized carbons (Fsp3) is 0.385. The van der Waals surface area contributed by atoms with Crippen LogP contribution in [-0.4, -0.2) is 0 Å². The number of hydrogen-bond donors (Lipinski definition) is 1. The molecule has 2 aliphatic rings. The molecule has 2 N–H and O–H groups in total. The zero-order valence-electron chi connectivity index (χ0n) is 8.49. The molecule has 3 rings (SSSR count). The summed E-state index contributed by atoms with van der Waals surface area (Å²) in [7, 11) is 0. The van der Waals surface area contributed by atoms with Gasteiger partial charge in [-0.15, -0.1) is 0 Å². The first-order valence-electron chi connectivity index (χ1n) is 5.48. The second kappa shape index (κ2) is 3.36. The van der Waals surface area contributed by atoms with E-state index in [4.69, 9.17) is 17.3 Å². The van der Waals surface area contributed by atoms with Gasteiger partial charge in [-0.05, 0) is 41.9 Å². The van der Waals surface area contributed by atoms with E-state index in [0.717, 1.165) is 17.9 Å². The molecular weight excluding hydrogens is 206 g/mol. The molecule has 0 radical (unpaired) electrons. The number of hydrogen-bond acceptors (Lipinski definition) is 1. The molecule has 2 heteroatoms. The highest BCUT2D eigenvalue weighted by Crippen LogP contribution is 2.47. The van der Waals surface area contributed by atoms with Gasteiger partial charge in [0.25, 0.3) is 0 Å². The summed E-state index contributed by atoms with van der Waals surface area (Å²) in [5, 5.41) is 0.890. The molecule has 0 spiro atoms. The molecular formula is C13H14ClN. The van der Waals surface area contributed by atoms with Crippen LogP contribution in [0, 0.1) is 5.92 Å². The number of allylic oxidation sites excluding steroid dienone is 1. The highest BCUT2D eigenvalue weighted by molar-refractivity contribution is 6.31. The number of benzene rings is 1. The molecule has 0 fully saturated rings. The van der Waals surface area contributed by atoms with Crippen LogP contribution in [0.5, 0.6) is 0 Å². The predicted octanol–water partition coefficient (Wildman–Crippen LogP) is 3.40. The molecule has 0 saturated heterocycles. The minimum absolute atomic E-state index is 0.131. The van der Waals surface area contributed by atoms with Gasteiger partial charge < -0.3 is 5.73 Å². The second-order valence-corrected chi connectivity index (χ2v) is 4.94. The Morgan fingerprint density at radius 2 is 2.20 bits per heavy atom. The van der Waals surface area contributed by atoms with Crippen LogP contribution in [0.15, 0.2) is 30.4 Å². The van der Waals surface area contributed by atoms with Crippen molar-refractivity contribution in [3.05, 3.63) is 46.5 Å². The summed E-state index contributed by atoms with van der Waals surface area (Å²) < 4.78 is 0. The summed E-state index contributed by atoms with van der Waals surface area (Å²) >= 11 is 6.27. The summed E-state index contributed by atoms with van der Waals surface area (Å²) in [5.74, 6) is 1.10. The highest BCUT2D eigenvalue weighted by atomic mass is 35.5. The molecule has 3 unspecified atom stereocenters. The predicted molar refractivity (Wildman–Crippen MR) is 63.0 cm³/mol. The van der Waals surface area contributed by atoms with Gasteiger partial charge >= 0.3 is 0 Å². The van der Waals surface area contributed by atoms with Crippen molar-refractivity contribution in [3.63, 3.8) is 0 Å². The summed E-state index contributed by atoms with van der Waals surface area (Å²) in [6, 6.07) is 6.24. The van der Waals surface area contributed by atoms with Crippen LogP contribution in [0.25, 0.3) is 0 Å². The maximum atomic E-state index is 6.27. The lowest BCUT2D eigenvalue weighted by Gasteiger charge is -2.37. The standard InChI is InChI=1S/C13H14ClN/c14-11-6-2-5-10-12(11)8-3-1-4-9(7-8)13(10)15/h1-2,4-6,8-9,13H,3,7,15H2. The van der Waals surface area contributed by atoms with E-state index in [-0.39, 0.29) is 6.04 Å². The summed E-state index contributed by atoms with van der Waals surface area (Å²) in [6.45, 7) is 0. The molecule has 1 nitrogen and oxygen atoms in total. The first-order chi connectivity index (χ1) is 7.27. The molecule has 0 saturated carbocycles. The average Bonchev–Trinajstić information content (AvgIpc) is 2.26. The van der Waals surface area contributed by atoms with Crippen molar-refractivity contribution in [1.29, 1.82) is 0 Å². The van der Waals surface area contributed by atoms with Crippen molar-refractivity contribution in [2.75, 3.05) is 0 Å². The lowest BCUT2D eigenvalue weighted by atomic mass is 9.70. The van der Waals surface area contributed by atoms with E-state index in [1.807, 2.05) is 12.1 Å². The number of halogens is 1. The molecule has 3 atom stereocenters. The second-order valence-electron chi connectivity index (χ2n) is 4.53. The van der Waals surface area contributed by atoms with Gasteiger partial charge in [0, 0.05) is 11.1 Å². The summed E-state index contributed by atoms with van der Waals surface area (Å²) in [6.07, 6.45) is 6.80. The molecule has 15 heavy (non-hydrogen) atoms. The normalized spacial score (nSPS) is 32.5. The van der Waals surface area contributed by atoms with E-state index >= 15 is 0 Å². The van der Waals surface area contributed by atoms with Gasteiger partial charge in [-0.3, -0.25) is 0 Å². The maximum absolute atomic E-state index is 6.27. The van der Waals surface area contributed by atoms with Crippen LogP contribution in [-0.2, 0) is 0 Å². The van der Waals surface area contributed by atoms with Gasteiger partial charge in [-0.2, -0.15) is 0 Å². The van der Waals surface area contributed by atoms with Crippen molar-refractivity contribution in [2.45, 2.75) is 24.8 Å². The molecule has 0 heterocycles. The molecule has 0 aromatic heterocycles. The highest BCUT2D eigenvalue weighted by Gasteiger charge is 2.34. The monoisotopic (exact) mass is 219 g/mol. The third-order valence-corrected chi connectivity index (χ3v) is 4.01. The Kier molecular flexibility index (Phi) is 2.11. The lowest BCUT2D eigenvalue weighted by Crippen LogP contribution is -2.30. The Hall–Kier alpha value is -0.790. The largest absolute Gasteiger partial charge is 0.323 e. The van der Waals surface area contributed by atoms with E-state index in [1.54, 1.807) is 0 Å². The quantitative estimate of drug-likeness (QED) is 0.665. The number of fused-ring (bicyclic) bond motifs is 4. The van der Waals surface area contributed by atoms with Crippen LogP contribution in [0.1, 0.15) is 35.9 Å². The maximum Gasteiger partial charge on any atom is 0.0444 e. The molecule has 78 valence electrons. The van der Waals surface area contributed by atoms with Crippen molar-refractivity contribution < 1.29 is 0 Å². The average molecular weight is 220 g/mol. The third kappa shape index (κ3) is 1.34. The van der Waals surface area contributed by atoms with Crippen molar-refractivity contribution in [3.8, 4) is 0 Å².